The second kappa shape index (κ2) is 8.33. The van der Waals surface area contributed by atoms with Gasteiger partial charge < -0.3 is 5.32 Å². The molecule has 3 rings (SSSR count). The lowest BCUT2D eigenvalue weighted by molar-refractivity contribution is -0.385. The highest BCUT2D eigenvalue weighted by Gasteiger charge is 2.15. The van der Waals surface area contributed by atoms with E-state index in [9.17, 15) is 14.9 Å². The molecule has 136 valence electrons. The van der Waals surface area contributed by atoms with Crippen LogP contribution in [0, 0.1) is 17.0 Å². The summed E-state index contributed by atoms with van der Waals surface area (Å²) in [6, 6.07) is 12.2. The number of thioether (sulfide) groups is 1. The molecule has 26 heavy (non-hydrogen) atoms. The molecule has 1 aliphatic rings. The van der Waals surface area contributed by atoms with Crippen LogP contribution in [0.1, 0.15) is 21.5 Å². The lowest BCUT2D eigenvalue weighted by atomic mass is 10.1. The molecule has 6 nitrogen and oxygen atoms in total. The smallest absolute Gasteiger partial charge is 0.272 e. The molecule has 0 unspecified atom stereocenters. The monoisotopic (exact) mass is 371 g/mol. The first-order valence-electron chi connectivity index (χ1n) is 8.48. The molecule has 0 atom stereocenters. The summed E-state index contributed by atoms with van der Waals surface area (Å²) in [6.07, 6.45) is 0. The van der Waals surface area contributed by atoms with E-state index in [1.807, 2.05) is 30.0 Å². The van der Waals surface area contributed by atoms with Crippen LogP contribution in [0.4, 0.5) is 11.4 Å². The van der Waals surface area contributed by atoms with Crippen LogP contribution in [0.25, 0.3) is 0 Å². The van der Waals surface area contributed by atoms with Crippen molar-refractivity contribution in [1.82, 2.24) is 4.90 Å². The maximum Gasteiger partial charge on any atom is 0.272 e. The van der Waals surface area contributed by atoms with Gasteiger partial charge in [0.15, 0.2) is 0 Å². The summed E-state index contributed by atoms with van der Waals surface area (Å²) in [7, 11) is 0. The summed E-state index contributed by atoms with van der Waals surface area (Å²) in [6.45, 7) is 4.68. The number of nitro groups is 1. The van der Waals surface area contributed by atoms with E-state index < -0.39 is 4.92 Å². The van der Waals surface area contributed by atoms with E-state index in [1.54, 1.807) is 13.0 Å². The average Bonchev–Trinajstić information content (AvgIpc) is 2.62. The van der Waals surface area contributed by atoms with E-state index in [0.29, 0.717) is 11.1 Å². The van der Waals surface area contributed by atoms with E-state index in [0.717, 1.165) is 42.4 Å². The summed E-state index contributed by atoms with van der Waals surface area (Å²) >= 11 is 1.98. The first kappa shape index (κ1) is 18.4. The summed E-state index contributed by atoms with van der Waals surface area (Å²) in [5, 5.41) is 13.8. The Hall–Kier alpha value is -2.38. The summed E-state index contributed by atoms with van der Waals surface area (Å²) in [4.78, 5) is 25.3. The zero-order chi connectivity index (χ0) is 18.5. The average molecular weight is 371 g/mol. The second-order valence-electron chi connectivity index (χ2n) is 6.30. The molecular weight excluding hydrogens is 350 g/mol. The Balaban J connectivity index is 1.68. The number of nitrogens with zero attached hydrogens (tertiary/aromatic N) is 2. The van der Waals surface area contributed by atoms with Gasteiger partial charge in [-0.15, -0.1) is 0 Å². The number of carbonyl (C=O) groups is 1. The van der Waals surface area contributed by atoms with Crippen molar-refractivity contribution in [3.05, 3.63) is 69.3 Å². The molecule has 1 saturated heterocycles. The molecule has 0 bridgehead atoms. The predicted molar refractivity (Wildman–Crippen MR) is 105 cm³/mol. The van der Waals surface area contributed by atoms with Gasteiger partial charge in [-0.05, 0) is 36.8 Å². The maximum absolute atomic E-state index is 12.5. The fourth-order valence-electron chi connectivity index (χ4n) is 2.97. The Morgan fingerprint density at radius 1 is 1.23 bits per heavy atom. The molecular formula is C19H21N3O3S. The van der Waals surface area contributed by atoms with Crippen LogP contribution in [-0.4, -0.2) is 40.3 Å². The van der Waals surface area contributed by atoms with Gasteiger partial charge in [0, 0.05) is 54.0 Å². The van der Waals surface area contributed by atoms with Crippen molar-refractivity contribution in [2.75, 3.05) is 29.9 Å². The Morgan fingerprint density at radius 3 is 2.69 bits per heavy atom. The van der Waals surface area contributed by atoms with Crippen molar-refractivity contribution >= 4 is 29.0 Å². The molecule has 1 amide bonds. The molecule has 2 aromatic carbocycles. The molecule has 1 heterocycles. The number of benzene rings is 2. The Labute approximate surface area is 156 Å². The van der Waals surface area contributed by atoms with Crippen molar-refractivity contribution in [2.24, 2.45) is 0 Å². The number of nitrogens with one attached hydrogen (secondary N) is 1. The summed E-state index contributed by atoms with van der Waals surface area (Å²) in [5.74, 6) is 2.06. The van der Waals surface area contributed by atoms with Crippen molar-refractivity contribution < 1.29 is 9.72 Å². The first-order valence-corrected chi connectivity index (χ1v) is 9.64. The number of anilines is 1. The Kier molecular flexibility index (Phi) is 5.90. The highest BCUT2D eigenvalue weighted by molar-refractivity contribution is 7.99. The van der Waals surface area contributed by atoms with Gasteiger partial charge in [-0.25, -0.2) is 0 Å². The molecule has 1 fully saturated rings. The molecule has 1 aliphatic heterocycles. The van der Waals surface area contributed by atoms with E-state index in [1.165, 1.54) is 12.1 Å². The number of hydrogen-bond donors (Lipinski definition) is 1. The Morgan fingerprint density at radius 2 is 2.00 bits per heavy atom. The highest BCUT2D eigenvalue weighted by Crippen LogP contribution is 2.20. The van der Waals surface area contributed by atoms with Gasteiger partial charge in [0.25, 0.3) is 11.6 Å². The zero-order valence-electron chi connectivity index (χ0n) is 14.6. The normalized spacial score (nSPS) is 14.8. The lowest BCUT2D eigenvalue weighted by Crippen LogP contribution is -2.31. The van der Waals surface area contributed by atoms with Crippen molar-refractivity contribution in [3.63, 3.8) is 0 Å². The van der Waals surface area contributed by atoms with Crippen LogP contribution in [0.15, 0.2) is 42.5 Å². The van der Waals surface area contributed by atoms with Gasteiger partial charge in [0.2, 0.25) is 0 Å². The van der Waals surface area contributed by atoms with Crippen molar-refractivity contribution in [1.29, 1.82) is 0 Å². The van der Waals surface area contributed by atoms with Crippen LogP contribution in [-0.2, 0) is 6.54 Å². The van der Waals surface area contributed by atoms with E-state index in [-0.39, 0.29) is 11.6 Å². The van der Waals surface area contributed by atoms with Gasteiger partial charge in [0.1, 0.15) is 0 Å². The third kappa shape index (κ3) is 4.62. The molecule has 0 spiro atoms. The third-order valence-electron chi connectivity index (χ3n) is 4.35. The van der Waals surface area contributed by atoms with Crippen LogP contribution in [0.5, 0.6) is 0 Å². The number of aryl methyl sites for hydroxylation is 1. The molecule has 1 N–H and O–H groups in total. The number of hydrogen-bond acceptors (Lipinski definition) is 5. The summed E-state index contributed by atoms with van der Waals surface area (Å²) in [5.41, 5.74) is 2.79. The fourth-order valence-corrected chi connectivity index (χ4v) is 3.95. The van der Waals surface area contributed by atoms with Gasteiger partial charge >= 0.3 is 0 Å². The first-order chi connectivity index (χ1) is 12.5. The van der Waals surface area contributed by atoms with Crippen molar-refractivity contribution in [3.8, 4) is 0 Å². The summed E-state index contributed by atoms with van der Waals surface area (Å²) < 4.78 is 0. The zero-order valence-corrected chi connectivity index (χ0v) is 15.4. The second-order valence-corrected chi connectivity index (χ2v) is 7.53. The van der Waals surface area contributed by atoms with Crippen LogP contribution < -0.4 is 5.32 Å². The fraction of sp³-hybridized carbons (Fsp3) is 0.316. The topological polar surface area (TPSA) is 75.5 Å². The van der Waals surface area contributed by atoms with Gasteiger partial charge in [-0.2, -0.15) is 11.8 Å². The largest absolute Gasteiger partial charge is 0.322 e. The van der Waals surface area contributed by atoms with E-state index in [2.05, 4.69) is 16.3 Å². The van der Waals surface area contributed by atoms with Gasteiger partial charge in [0.05, 0.1) is 4.92 Å². The minimum atomic E-state index is -0.445. The quantitative estimate of drug-likeness (QED) is 0.641. The number of carbonyl (C=O) groups excluding carboxylic acids is 1. The number of amides is 1. The van der Waals surface area contributed by atoms with Crippen LogP contribution >= 0.6 is 11.8 Å². The SMILES string of the molecule is Cc1cc(C(=O)Nc2cccc(CN3CCSCC3)c2)ccc1[N+](=O)[O-]. The van der Waals surface area contributed by atoms with Gasteiger partial charge in [-0.3, -0.25) is 19.8 Å². The van der Waals surface area contributed by atoms with Crippen LogP contribution in [0.3, 0.4) is 0 Å². The van der Waals surface area contributed by atoms with E-state index in [4.69, 9.17) is 0 Å². The molecule has 0 radical (unpaired) electrons. The molecule has 0 aromatic heterocycles. The van der Waals surface area contributed by atoms with Crippen molar-refractivity contribution in [2.45, 2.75) is 13.5 Å². The van der Waals surface area contributed by atoms with E-state index >= 15 is 0 Å². The van der Waals surface area contributed by atoms with Crippen LogP contribution in [0.2, 0.25) is 0 Å². The minimum absolute atomic E-state index is 0.0169. The molecule has 7 heteroatoms. The Bertz CT molecular complexity index is 819. The lowest BCUT2D eigenvalue weighted by Gasteiger charge is -2.26. The predicted octanol–water partition coefficient (Wildman–Crippen LogP) is 3.70. The number of nitro benzene ring substituents is 1. The highest BCUT2D eigenvalue weighted by atomic mass is 32.2. The minimum Gasteiger partial charge on any atom is -0.322 e. The standard InChI is InChI=1S/C19H21N3O3S/c1-14-11-16(5-6-18(14)22(24)25)19(23)20-17-4-2-3-15(12-17)13-21-7-9-26-10-8-21/h2-6,11-12H,7-10,13H2,1H3,(H,20,23). The maximum atomic E-state index is 12.5. The number of rotatable bonds is 5. The molecule has 0 aliphatic carbocycles. The molecule has 0 saturated carbocycles. The van der Waals surface area contributed by atoms with Gasteiger partial charge in [-0.1, -0.05) is 12.1 Å². The third-order valence-corrected chi connectivity index (χ3v) is 5.29. The molecule has 2 aromatic rings.